The van der Waals surface area contributed by atoms with Gasteiger partial charge in [-0.2, -0.15) is 0 Å². The topological polar surface area (TPSA) is 52.0 Å². The number of hydrogen-bond donors (Lipinski definition) is 0. The molecule has 0 fully saturated rings. The number of aromatic nitrogens is 2. The lowest BCUT2D eigenvalue weighted by Crippen LogP contribution is -2.27. The molecule has 2 aromatic rings. The summed E-state index contributed by atoms with van der Waals surface area (Å²) in [6.45, 7) is 7.05. The first-order valence-electron chi connectivity index (χ1n) is 7.14. The van der Waals surface area contributed by atoms with E-state index in [9.17, 15) is 9.59 Å². The molecule has 0 bridgehead atoms. The smallest absolute Gasteiger partial charge is 0.238 e. The predicted octanol–water partition coefficient (Wildman–Crippen LogP) is 3.73. The lowest BCUT2D eigenvalue weighted by Gasteiger charge is -2.21. The summed E-state index contributed by atoms with van der Waals surface area (Å²) in [4.78, 5) is 28.3. The molecule has 0 aliphatic rings. The number of benzene rings is 1. The van der Waals surface area contributed by atoms with E-state index in [2.05, 4.69) is 4.98 Å². The molecule has 0 amide bonds. The average molecular weight is 316 g/mol. The van der Waals surface area contributed by atoms with E-state index in [-0.39, 0.29) is 16.9 Å². The molecule has 4 nitrogen and oxygen atoms in total. The third-order valence-corrected chi connectivity index (χ3v) is 4.96. The maximum atomic E-state index is 12.5. The highest BCUT2D eigenvalue weighted by Crippen LogP contribution is 2.30. The van der Waals surface area contributed by atoms with Crippen molar-refractivity contribution in [2.45, 2.75) is 38.5 Å². The zero-order valence-electron chi connectivity index (χ0n) is 13.2. The van der Waals surface area contributed by atoms with Crippen LogP contribution in [0.3, 0.4) is 0 Å². The molecule has 0 unspecified atom stereocenters. The van der Waals surface area contributed by atoms with Gasteiger partial charge in [0.05, 0.1) is 23.3 Å². The fraction of sp³-hybridized carbons (Fsp3) is 0.353. The summed E-state index contributed by atoms with van der Waals surface area (Å²) in [5.74, 6) is -0.0203. The van der Waals surface area contributed by atoms with E-state index >= 15 is 0 Å². The van der Waals surface area contributed by atoms with E-state index in [0.717, 1.165) is 17.3 Å². The van der Waals surface area contributed by atoms with E-state index in [4.69, 9.17) is 0 Å². The zero-order chi connectivity index (χ0) is 16.3. The Morgan fingerprint density at radius 1 is 1.23 bits per heavy atom. The molecule has 1 heterocycles. The molecule has 22 heavy (non-hydrogen) atoms. The third kappa shape index (κ3) is 3.47. The molecule has 1 atom stereocenters. The second-order valence-electron chi connectivity index (χ2n) is 5.73. The Kier molecular flexibility index (Phi) is 4.86. The van der Waals surface area contributed by atoms with Crippen molar-refractivity contribution in [2.75, 3.05) is 0 Å². The van der Waals surface area contributed by atoms with Crippen LogP contribution in [0.5, 0.6) is 0 Å². The highest BCUT2D eigenvalue weighted by atomic mass is 32.2. The van der Waals surface area contributed by atoms with Gasteiger partial charge >= 0.3 is 0 Å². The van der Waals surface area contributed by atoms with Gasteiger partial charge in [-0.1, -0.05) is 42.1 Å². The number of hydrogen-bond acceptors (Lipinski definition) is 4. The van der Waals surface area contributed by atoms with Crippen LogP contribution < -0.4 is 0 Å². The summed E-state index contributed by atoms with van der Waals surface area (Å²) in [6, 6.07) is 9.94. The highest BCUT2D eigenvalue weighted by molar-refractivity contribution is 8.15. The molecule has 0 radical (unpaired) electrons. The van der Waals surface area contributed by atoms with Crippen molar-refractivity contribution in [3.8, 4) is 0 Å². The number of thioether (sulfide) groups is 1. The minimum Gasteiger partial charge on any atom is -0.320 e. The number of rotatable bonds is 5. The van der Waals surface area contributed by atoms with Crippen LogP contribution in [0.25, 0.3) is 0 Å². The van der Waals surface area contributed by atoms with Crippen molar-refractivity contribution >= 4 is 22.7 Å². The van der Waals surface area contributed by atoms with E-state index < -0.39 is 4.75 Å². The lowest BCUT2D eigenvalue weighted by molar-refractivity contribution is -0.118. The van der Waals surface area contributed by atoms with Gasteiger partial charge in [0.25, 0.3) is 0 Å². The molecule has 0 saturated carbocycles. The zero-order valence-corrected chi connectivity index (χ0v) is 14.1. The maximum Gasteiger partial charge on any atom is 0.238 e. The van der Waals surface area contributed by atoms with Crippen LogP contribution in [-0.4, -0.2) is 25.2 Å². The quantitative estimate of drug-likeness (QED) is 0.843. The SMILES string of the molecule is CC(=O)C(C)(C)SC(=O)c1cncn1[C@H](C)c1ccccc1. The summed E-state index contributed by atoms with van der Waals surface area (Å²) in [7, 11) is 0. The normalized spacial score (nSPS) is 12.9. The van der Waals surface area contributed by atoms with Gasteiger partial charge in [-0.3, -0.25) is 9.59 Å². The van der Waals surface area contributed by atoms with Crippen molar-refractivity contribution in [3.63, 3.8) is 0 Å². The van der Waals surface area contributed by atoms with E-state index in [1.165, 1.54) is 6.92 Å². The van der Waals surface area contributed by atoms with Crippen molar-refractivity contribution < 1.29 is 9.59 Å². The molecule has 1 aromatic heterocycles. The molecule has 0 spiro atoms. The fourth-order valence-electron chi connectivity index (χ4n) is 2.02. The van der Waals surface area contributed by atoms with Gasteiger partial charge in [-0.05, 0) is 33.3 Å². The number of ketones is 1. The molecular weight excluding hydrogens is 296 g/mol. The Morgan fingerprint density at radius 3 is 2.45 bits per heavy atom. The summed E-state index contributed by atoms with van der Waals surface area (Å²) in [5.41, 5.74) is 1.61. The Morgan fingerprint density at radius 2 is 1.86 bits per heavy atom. The van der Waals surface area contributed by atoms with Crippen LogP contribution in [0.2, 0.25) is 0 Å². The fourth-order valence-corrected chi connectivity index (χ4v) is 2.89. The monoisotopic (exact) mass is 316 g/mol. The first-order valence-corrected chi connectivity index (χ1v) is 7.95. The highest BCUT2D eigenvalue weighted by Gasteiger charge is 2.30. The largest absolute Gasteiger partial charge is 0.320 e. The number of carbonyl (C=O) groups excluding carboxylic acids is 2. The second-order valence-corrected chi connectivity index (χ2v) is 7.32. The van der Waals surface area contributed by atoms with Crippen molar-refractivity contribution in [1.29, 1.82) is 0 Å². The summed E-state index contributed by atoms with van der Waals surface area (Å²) in [6.07, 6.45) is 3.22. The van der Waals surface area contributed by atoms with Crippen LogP contribution in [-0.2, 0) is 4.79 Å². The van der Waals surface area contributed by atoms with Gasteiger partial charge in [0, 0.05) is 0 Å². The third-order valence-electron chi connectivity index (χ3n) is 3.77. The number of carbonyl (C=O) groups is 2. The molecule has 0 saturated heterocycles. The second kappa shape index (κ2) is 6.48. The standard InChI is InChI=1S/C17H20N2O2S/c1-12(14-8-6-5-7-9-14)19-11-18-10-15(19)16(21)22-17(3,4)13(2)20/h5-12H,1-4H3/t12-/m1/s1. The molecule has 5 heteroatoms. The van der Waals surface area contributed by atoms with Crippen LogP contribution in [0.4, 0.5) is 0 Å². The van der Waals surface area contributed by atoms with Crippen molar-refractivity contribution in [1.82, 2.24) is 9.55 Å². The van der Waals surface area contributed by atoms with Gasteiger partial charge in [0.1, 0.15) is 11.5 Å². The van der Waals surface area contributed by atoms with Crippen LogP contribution >= 0.6 is 11.8 Å². The first kappa shape index (κ1) is 16.5. The minimum absolute atomic E-state index is 0.00342. The van der Waals surface area contributed by atoms with Gasteiger partial charge in [-0.25, -0.2) is 4.98 Å². The molecule has 0 N–H and O–H groups in total. The Balaban J connectivity index is 2.26. The summed E-state index contributed by atoms with van der Waals surface area (Å²) in [5, 5.41) is -0.138. The molecule has 2 rings (SSSR count). The van der Waals surface area contributed by atoms with Gasteiger partial charge in [-0.15, -0.1) is 0 Å². The van der Waals surface area contributed by atoms with Gasteiger partial charge < -0.3 is 4.57 Å². The Bertz CT molecular complexity index is 677. The van der Waals surface area contributed by atoms with Gasteiger partial charge in [0.15, 0.2) is 0 Å². The molecule has 116 valence electrons. The van der Waals surface area contributed by atoms with Crippen molar-refractivity contribution in [2.24, 2.45) is 0 Å². The van der Waals surface area contributed by atoms with E-state index in [1.54, 1.807) is 26.4 Å². The van der Waals surface area contributed by atoms with E-state index in [1.807, 2.05) is 41.8 Å². The Labute approximate surface area is 134 Å². The molecule has 0 aliphatic carbocycles. The van der Waals surface area contributed by atoms with Crippen LogP contribution in [0.15, 0.2) is 42.9 Å². The van der Waals surface area contributed by atoms with E-state index in [0.29, 0.717) is 5.69 Å². The maximum absolute atomic E-state index is 12.5. The Hall–Kier alpha value is -1.88. The molecular formula is C17H20N2O2S. The number of imidazole rings is 1. The minimum atomic E-state index is -0.734. The lowest BCUT2D eigenvalue weighted by atomic mass is 10.1. The van der Waals surface area contributed by atoms with Crippen molar-refractivity contribution in [3.05, 3.63) is 54.1 Å². The van der Waals surface area contributed by atoms with Crippen LogP contribution in [0.1, 0.15) is 49.8 Å². The van der Waals surface area contributed by atoms with Gasteiger partial charge in [0.2, 0.25) is 5.12 Å². The summed E-state index contributed by atoms with van der Waals surface area (Å²) >= 11 is 1.05. The predicted molar refractivity (Wildman–Crippen MR) is 89.2 cm³/mol. The molecule has 0 aliphatic heterocycles. The molecule has 1 aromatic carbocycles. The summed E-state index contributed by atoms with van der Waals surface area (Å²) < 4.78 is 1.11. The number of nitrogens with zero attached hydrogens (tertiary/aromatic N) is 2. The number of Topliss-reactive ketones (excluding diaryl/α,β-unsaturated/α-hetero) is 1. The first-order chi connectivity index (χ1) is 10.3. The van der Waals surface area contributed by atoms with Crippen LogP contribution in [0, 0.1) is 0 Å². The average Bonchev–Trinajstić information content (AvgIpc) is 2.96.